The molecule has 1 heterocycles. The van der Waals surface area contributed by atoms with Crippen molar-refractivity contribution in [3.63, 3.8) is 0 Å². The van der Waals surface area contributed by atoms with E-state index in [0.29, 0.717) is 25.9 Å². The summed E-state index contributed by atoms with van der Waals surface area (Å²) in [6.07, 6.45) is 1.11. The molecule has 0 bridgehead atoms. The molecule has 3 N–H and O–H groups in total. The summed E-state index contributed by atoms with van der Waals surface area (Å²) in [6.45, 7) is 4.44. The predicted molar refractivity (Wildman–Crippen MR) is 68.4 cm³/mol. The molecule has 1 atom stereocenters. The molecule has 1 saturated heterocycles. The first-order valence-electron chi connectivity index (χ1n) is 6.39. The number of amides is 3. The summed E-state index contributed by atoms with van der Waals surface area (Å²) in [6, 6.07) is -1.22. The highest BCUT2D eigenvalue weighted by molar-refractivity contribution is 5.86. The number of hydrogen-bond acceptors (Lipinski definition) is 3. The Hall–Kier alpha value is -1.79. The lowest BCUT2D eigenvalue weighted by Crippen LogP contribution is -2.51. The van der Waals surface area contributed by atoms with Crippen molar-refractivity contribution in [2.24, 2.45) is 11.7 Å². The van der Waals surface area contributed by atoms with Crippen molar-refractivity contribution < 1.29 is 19.5 Å². The van der Waals surface area contributed by atoms with Gasteiger partial charge in [0.1, 0.15) is 12.6 Å². The van der Waals surface area contributed by atoms with Gasteiger partial charge >= 0.3 is 12.0 Å². The van der Waals surface area contributed by atoms with E-state index in [0.717, 1.165) is 0 Å². The number of carbonyl (C=O) groups excluding carboxylic acids is 2. The number of nitrogens with two attached hydrogens (primary N) is 1. The summed E-state index contributed by atoms with van der Waals surface area (Å²) in [5.74, 6) is -1.43. The molecule has 19 heavy (non-hydrogen) atoms. The minimum Gasteiger partial charge on any atom is -0.480 e. The highest BCUT2D eigenvalue weighted by Crippen LogP contribution is 2.19. The van der Waals surface area contributed by atoms with E-state index < -0.39 is 23.9 Å². The van der Waals surface area contributed by atoms with Gasteiger partial charge in [-0.2, -0.15) is 0 Å². The van der Waals surface area contributed by atoms with Crippen molar-refractivity contribution in [1.29, 1.82) is 0 Å². The molecule has 0 unspecified atom stereocenters. The van der Waals surface area contributed by atoms with Crippen LogP contribution < -0.4 is 5.73 Å². The summed E-state index contributed by atoms with van der Waals surface area (Å²) < 4.78 is 0. The maximum atomic E-state index is 12.3. The van der Waals surface area contributed by atoms with Gasteiger partial charge in [-0.1, -0.05) is 13.8 Å². The highest BCUT2D eigenvalue weighted by Gasteiger charge is 2.36. The smallest absolute Gasteiger partial charge is 0.326 e. The summed E-state index contributed by atoms with van der Waals surface area (Å²) >= 11 is 0. The quantitative estimate of drug-likeness (QED) is 0.739. The number of urea groups is 1. The van der Waals surface area contributed by atoms with Crippen molar-refractivity contribution in [1.82, 2.24) is 9.80 Å². The van der Waals surface area contributed by atoms with Crippen LogP contribution in [0.25, 0.3) is 0 Å². The summed E-state index contributed by atoms with van der Waals surface area (Å²) in [5.41, 5.74) is 5.13. The summed E-state index contributed by atoms with van der Waals surface area (Å²) in [5, 5.41) is 9.07. The first-order valence-corrected chi connectivity index (χ1v) is 6.39. The van der Waals surface area contributed by atoms with Crippen LogP contribution in [0.3, 0.4) is 0 Å². The van der Waals surface area contributed by atoms with Crippen LogP contribution in [0.5, 0.6) is 0 Å². The fraction of sp³-hybridized carbons (Fsp3) is 0.750. The van der Waals surface area contributed by atoms with Gasteiger partial charge in [-0.3, -0.25) is 4.79 Å². The molecule has 1 aliphatic rings. The molecule has 0 saturated carbocycles. The average molecular weight is 271 g/mol. The van der Waals surface area contributed by atoms with Gasteiger partial charge in [0.2, 0.25) is 5.91 Å². The van der Waals surface area contributed by atoms with Crippen LogP contribution in [0.4, 0.5) is 4.79 Å². The molecule has 1 aliphatic heterocycles. The van der Waals surface area contributed by atoms with Gasteiger partial charge in [-0.25, -0.2) is 9.59 Å². The van der Waals surface area contributed by atoms with Gasteiger partial charge in [0, 0.05) is 13.1 Å². The molecule has 0 aliphatic carbocycles. The van der Waals surface area contributed by atoms with E-state index in [9.17, 15) is 14.4 Å². The predicted octanol–water partition coefficient (Wildman–Crippen LogP) is 0.0987. The van der Waals surface area contributed by atoms with Crippen LogP contribution in [0, 0.1) is 5.92 Å². The van der Waals surface area contributed by atoms with Crippen molar-refractivity contribution in [3.05, 3.63) is 0 Å². The number of likely N-dealkylation sites (tertiary alicyclic amines) is 1. The van der Waals surface area contributed by atoms with Gasteiger partial charge in [0.05, 0.1) is 0 Å². The Kier molecular flexibility index (Phi) is 5.14. The average Bonchev–Trinajstić information content (AvgIpc) is 2.74. The maximum Gasteiger partial charge on any atom is 0.326 e. The lowest BCUT2D eigenvalue weighted by atomic mass is 10.2. The minimum absolute atomic E-state index is 0.175. The molecule has 108 valence electrons. The Balaban J connectivity index is 2.79. The van der Waals surface area contributed by atoms with Gasteiger partial charge < -0.3 is 20.6 Å². The van der Waals surface area contributed by atoms with Gasteiger partial charge in [-0.05, 0) is 18.8 Å². The number of carbonyl (C=O) groups is 3. The topological polar surface area (TPSA) is 104 Å². The zero-order valence-corrected chi connectivity index (χ0v) is 11.3. The number of rotatable bonds is 5. The molecule has 0 spiro atoms. The van der Waals surface area contributed by atoms with E-state index >= 15 is 0 Å². The number of carboxylic acids is 1. The fourth-order valence-corrected chi connectivity index (χ4v) is 2.27. The van der Waals surface area contributed by atoms with E-state index in [2.05, 4.69) is 0 Å². The molecule has 1 rings (SSSR count). The van der Waals surface area contributed by atoms with Crippen molar-refractivity contribution in [3.8, 4) is 0 Å². The first kappa shape index (κ1) is 15.3. The molecule has 7 nitrogen and oxygen atoms in total. The van der Waals surface area contributed by atoms with E-state index in [1.165, 1.54) is 9.80 Å². The number of carboxylic acid groups (broad SMARTS) is 1. The van der Waals surface area contributed by atoms with Crippen LogP contribution in [-0.4, -0.2) is 58.5 Å². The zero-order valence-electron chi connectivity index (χ0n) is 11.3. The van der Waals surface area contributed by atoms with Crippen molar-refractivity contribution in [2.45, 2.75) is 32.7 Å². The molecule has 0 aromatic heterocycles. The highest BCUT2D eigenvalue weighted by atomic mass is 16.4. The third-order valence-corrected chi connectivity index (χ3v) is 2.99. The van der Waals surface area contributed by atoms with Gasteiger partial charge in [0.15, 0.2) is 0 Å². The molecule has 7 heteroatoms. The SMILES string of the molecule is CC(C)CN(CC(N)=O)C(=O)N1CCC[C@@H]1C(=O)O. The lowest BCUT2D eigenvalue weighted by molar-refractivity contribution is -0.141. The van der Waals surface area contributed by atoms with Gasteiger partial charge in [0.25, 0.3) is 0 Å². The van der Waals surface area contributed by atoms with E-state index in [1.54, 1.807) is 0 Å². The number of hydrogen-bond donors (Lipinski definition) is 2. The third kappa shape index (κ3) is 4.11. The van der Waals surface area contributed by atoms with E-state index in [-0.39, 0.29) is 12.5 Å². The van der Waals surface area contributed by atoms with E-state index in [4.69, 9.17) is 10.8 Å². The Labute approximate surface area is 112 Å². The van der Waals surface area contributed by atoms with Crippen LogP contribution in [0.1, 0.15) is 26.7 Å². The normalized spacial score (nSPS) is 18.7. The van der Waals surface area contributed by atoms with Crippen LogP contribution in [0.15, 0.2) is 0 Å². The maximum absolute atomic E-state index is 12.3. The Morgan fingerprint density at radius 2 is 2.05 bits per heavy atom. The van der Waals surface area contributed by atoms with Crippen molar-refractivity contribution in [2.75, 3.05) is 19.6 Å². The van der Waals surface area contributed by atoms with E-state index in [1.807, 2.05) is 13.8 Å². The molecular weight excluding hydrogens is 250 g/mol. The minimum atomic E-state index is -1.01. The molecule has 3 amide bonds. The van der Waals surface area contributed by atoms with Crippen LogP contribution in [0.2, 0.25) is 0 Å². The monoisotopic (exact) mass is 271 g/mol. The summed E-state index contributed by atoms with van der Waals surface area (Å²) in [7, 11) is 0. The number of primary amides is 1. The largest absolute Gasteiger partial charge is 0.480 e. The fourth-order valence-electron chi connectivity index (χ4n) is 2.27. The zero-order chi connectivity index (χ0) is 14.6. The third-order valence-electron chi connectivity index (χ3n) is 2.99. The van der Waals surface area contributed by atoms with Gasteiger partial charge in [-0.15, -0.1) is 0 Å². The number of aliphatic carboxylic acids is 1. The standard InChI is InChI=1S/C12H21N3O4/c1-8(2)6-14(7-10(13)16)12(19)15-5-3-4-9(15)11(17)18/h8-9H,3-7H2,1-2H3,(H2,13,16)(H,17,18)/t9-/m1/s1. The molecule has 0 aromatic carbocycles. The lowest BCUT2D eigenvalue weighted by Gasteiger charge is -2.30. The molecule has 0 radical (unpaired) electrons. The Bertz CT molecular complexity index is 370. The second-order valence-electron chi connectivity index (χ2n) is 5.21. The summed E-state index contributed by atoms with van der Waals surface area (Å²) in [4.78, 5) is 37.1. The molecule has 1 fully saturated rings. The first-order chi connectivity index (χ1) is 8.82. The Morgan fingerprint density at radius 1 is 1.42 bits per heavy atom. The second-order valence-corrected chi connectivity index (χ2v) is 5.21. The van der Waals surface area contributed by atoms with Crippen LogP contribution in [-0.2, 0) is 9.59 Å². The van der Waals surface area contributed by atoms with Crippen LogP contribution >= 0.6 is 0 Å². The number of nitrogens with zero attached hydrogens (tertiary/aromatic N) is 2. The molecule has 0 aromatic rings. The van der Waals surface area contributed by atoms with Crippen molar-refractivity contribution >= 4 is 17.9 Å². The molecular formula is C12H21N3O4. The second kappa shape index (κ2) is 6.40. The Morgan fingerprint density at radius 3 is 2.53 bits per heavy atom.